The highest BCUT2D eigenvalue weighted by Crippen LogP contribution is 2.22. The minimum Gasteiger partial charge on any atom is -0.345 e. The van der Waals surface area contributed by atoms with E-state index < -0.39 is 0 Å². The van der Waals surface area contributed by atoms with Gasteiger partial charge in [0.2, 0.25) is 0 Å². The fourth-order valence-corrected chi connectivity index (χ4v) is 2.54. The van der Waals surface area contributed by atoms with Gasteiger partial charge in [0.25, 0.3) is 5.91 Å². The van der Waals surface area contributed by atoms with Crippen LogP contribution in [0.5, 0.6) is 0 Å². The highest BCUT2D eigenvalue weighted by atomic mass is 79.9. The summed E-state index contributed by atoms with van der Waals surface area (Å²) in [5.41, 5.74) is 1.83. The Hall–Kier alpha value is -1.61. The SMILES string of the molecule is CC(C)C[C@@H](NC(=O)c1ccc(Br)cc1)c1ccccc1. The highest BCUT2D eigenvalue weighted by molar-refractivity contribution is 9.10. The van der Waals surface area contributed by atoms with E-state index in [0.717, 1.165) is 16.5 Å². The Morgan fingerprint density at radius 2 is 1.67 bits per heavy atom. The normalized spacial score (nSPS) is 12.2. The van der Waals surface area contributed by atoms with Crippen LogP contribution in [0.15, 0.2) is 59.1 Å². The molecule has 0 spiro atoms. The molecule has 0 aliphatic heterocycles. The summed E-state index contributed by atoms with van der Waals surface area (Å²) in [5, 5.41) is 3.15. The quantitative estimate of drug-likeness (QED) is 0.814. The van der Waals surface area contributed by atoms with Gasteiger partial charge >= 0.3 is 0 Å². The molecule has 1 N–H and O–H groups in total. The molecule has 3 heteroatoms. The van der Waals surface area contributed by atoms with Crippen molar-refractivity contribution in [2.45, 2.75) is 26.3 Å². The second kappa shape index (κ2) is 7.41. The predicted molar refractivity (Wildman–Crippen MR) is 90.2 cm³/mol. The van der Waals surface area contributed by atoms with Gasteiger partial charge in [-0.2, -0.15) is 0 Å². The molecule has 0 heterocycles. The fraction of sp³-hybridized carbons (Fsp3) is 0.278. The Kier molecular flexibility index (Phi) is 5.57. The van der Waals surface area contributed by atoms with Crippen LogP contribution >= 0.6 is 15.9 Å². The van der Waals surface area contributed by atoms with Gasteiger partial charge in [0, 0.05) is 10.0 Å². The lowest BCUT2D eigenvalue weighted by Crippen LogP contribution is -2.29. The van der Waals surface area contributed by atoms with Crippen molar-refractivity contribution < 1.29 is 4.79 Å². The number of halogens is 1. The topological polar surface area (TPSA) is 29.1 Å². The minimum absolute atomic E-state index is 0.0306. The molecule has 0 saturated heterocycles. The summed E-state index contributed by atoms with van der Waals surface area (Å²) in [6.07, 6.45) is 0.923. The minimum atomic E-state index is -0.0306. The first-order valence-corrected chi connectivity index (χ1v) is 7.97. The number of benzene rings is 2. The number of hydrogen-bond acceptors (Lipinski definition) is 1. The van der Waals surface area contributed by atoms with Gasteiger partial charge in [-0.25, -0.2) is 0 Å². The van der Waals surface area contributed by atoms with Crippen LogP contribution in [0.4, 0.5) is 0 Å². The summed E-state index contributed by atoms with van der Waals surface area (Å²) >= 11 is 3.38. The van der Waals surface area contributed by atoms with E-state index in [1.807, 2.05) is 42.5 Å². The van der Waals surface area contributed by atoms with Crippen molar-refractivity contribution in [1.29, 1.82) is 0 Å². The molecular weight excluding hydrogens is 326 g/mol. The van der Waals surface area contributed by atoms with Gasteiger partial charge in [-0.05, 0) is 42.2 Å². The molecule has 0 radical (unpaired) electrons. The van der Waals surface area contributed by atoms with E-state index in [1.165, 1.54) is 0 Å². The number of carbonyl (C=O) groups excluding carboxylic acids is 1. The molecule has 110 valence electrons. The van der Waals surface area contributed by atoms with Crippen LogP contribution in [0.25, 0.3) is 0 Å². The monoisotopic (exact) mass is 345 g/mol. The Morgan fingerprint density at radius 1 is 1.05 bits per heavy atom. The molecule has 1 amide bonds. The second-order valence-corrected chi connectivity index (χ2v) is 6.49. The second-order valence-electron chi connectivity index (χ2n) is 5.57. The van der Waals surface area contributed by atoms with Gasteiger partial charge in [-0.3, -0.25) is 4.79 Å². The molecule has 0 aromatic heterocycles. The summed E-state index contributed by atoms with van der Waals surface area (Å²) in [7, 11) is 0. The molecule has 2 rings (SSSR count). The summed E-state index contributed by atoms with van der Waals surface area (Å²) in [6, 6.07) is 17.6. The van der Waals surface area contributed by atoms with Crippen LogP contribution in [0.2, 0.25) is 0 Å². The molecule has 21 heavy (non-hydrogen) atoms. The molecule has 0 unspecified atom stereocenters. The number of carbonyl (C=O) groups is 1. The van der Waals surface area contributed by atoms with Crippen molar-refractivity contribution in [2.24, 2.45) is 5.92 Å². The first-order chi connectivity index (χ1) is 10.1. The Balaban J connectivity index is 2.15. The van der Waals surface area contributed by atoms with E-state index in [9.17, 15) is 4.79 Å². The molecule has 0 aliphatic rings. The van der Waals surface area contributed by atoms with Crippen LogP contribution in [-0.4, -0.2) is 5.91 Å². The van der Waals surface area contributed by atoms with Crippen LogP contribution in [-0.2, 0) is 0 Å². The molecule has 0 bridgehead atoms. The van der Waals surface area contributed by atoms with Crippen LogP contribution in [0, 0.1) is 5.92 Å². The van der Waals surface area contributed by atoms with Crippen LogP contribution < -0.4 is 5.32 Å². The largest absolute Gasteiger partial charge is 0.345 e. The highest BCUT2D eigenvalue weighted by Gasteiger charge is 2.16. The lowest BCUT2D eigenvalue weighted by Gasteiger charge is -2.21. The van der Waals surface area contributed by atoms with Crippen molar-refractivity contribution in [3.63, 3.8) is 0 Å². The lowest BCUT2D eigenvalue weighted by atomic mass is 9.96. The van der Waals surface area contributed by atoms with Crippen molar-refractivity contribution in [2.75, 3.05) is 0 Å². The molecule has 2 nitrogen and oxygen atoms in total. The van der Waals surface area contributed by atoms with Gasteiger partial charge in [-0.15, -0.1) is 0 Å². The first kappa shape index (κ1) is 15.8. The predicted octanol–water partition coefficient (Wildman–Crippen LogP) is 4.97. The maximum Gasteiger partial charge on any atom is 0.251 e. The average Bonchev–Trinajstić information content (AvgIpc) is 2.47. The molecule has 0 saturated carbocycles. The van der Waals surface area contributed by atoms with Crippen LogP contribution in [0.3, 0.4) is 0 Å². The van der Waals surface area contributed by atoms with E-state index in [0.29, 0.717) is 11.5 Å². The number of hydrogen-bond donors (Lipinski definition) is 1. The average molecular weight is 346 g/mol. The van der Waals surface area contributed by atoms with E-state index in [-0.39, 0.29) is 11.9 Å². The summed E-state index contributed by atoms with van der Waals surface area (Å²) in [5.74, 6) is 0.484. The molecule has 0 fully saturated rings. The van der Waals surface area contributed by atoms with E-state index in [2.05, 4.69) is 47.2 Å². The van der Waals surface area contributed by atoms with Crippen molar-refractivity contribution in [3.8, 4) is 0 Å². The smallest absolute Gasteiger partial charge is 0.251 e. The number of rotatable bonds is 5. The van der Waals surface area contributed by atoms with Gasteiger partial charge in [0.1, 0.15) is 0 Å². The molecule has 1 atom stereocenters. The van der Waals surface area contributed by atoms with Gasteiger partial charge < -0.3 is 5.32 Å². The van der Waals surface area contributed by atoms with E-state index in [1.54, 1.807) is 0 Å². The third-order valence-corrected chi connectivity index (χ3v) is 3.85. The Labute approximate surface area is 134 Å². The summed E-state index contributed by atoms with van der Waals surface area (Å²) in [4.78, 5) is 12.4. The standard InChI is InChI=1S/C18H20BrNO/c1-13(2)12-17(14-6-4-3-5-7-14)20-18(21)15-8-10-16(19)11-9-15/h3-11,13,17H,12H2,1-2H3,(H,20,21)/t17-/m1/s1. The molecule has 0 aliphatic carbocycles. The maximum absolute atomic E-state index is 12.4. The first-order valence-electron chi connectivity index (χ1n) is 7.17. The third kappa shape index (κ3) is 4.71. The Morgan fingerprint density at radius 3 is 2.24 bits per heavy atom. The zero-order valence-corrected chi connectivity index (χ0v) is 13.9. The van der Waals surface area contributed by atoms with Crippen molar-refractivity contribution in [1.82, 2.24) is 5.32 Å². The molecule has 2 aromatic rings. The van der Waals surface area contributed by atoms with E-state index >= 15 is 0 Å². The summed E-state index contributed by atoms with van der Waals surface area (Å²) < 4.78 is 0.973. The van der Waals surface area contributed by atoms with Crippen molar-refractivity contribution >= 4 is 21.8 Å². The zero-order valence-electron chi connectivity index (χ0n) is 12.3. The molecule has 2 aromatic carbocycles. The fourth-order valence-electron chi connectivity index (χ4n) is 2.28. The van der Waals surface area contributed by atoms with Crippen molar-refractivity contribution in [3.05, 3.63) is 70.2 Å². The zero-order chi connectivity index (χ0) is 15.2. The number of amides is 1. The maximum atomic E-state index is 12.4. The van der Waals surface area contributed by atoms with E-state index in [4.69, 9.17) is 0 Å². The van der Waals surface area contributed by atoms with Gasteiger partial charge in [0.05, 0.1) is 6.04 Å². The van der Waals surface area contributed by atoms with Gasteiger partial charge in [0.15, 0.2) is 0 Å². The molecular formula is C18H20BrNO. The lowest BCUT2D eigenvalue weighted by molar-refractivity contribution is 0.0932. The van der Waals surface area contributed by atoms with Crippen LogP contribution in [0.1, 0.15) is 42.2 Å². The number of nitrogens with one attached hydrogen (secondary N) is 1. The Bertz CT molecular complexity index is 578. The third-order valence-electron chi connectivity index (χ3n) is 3.32. The summed E-state index contributed by atoms with van der Waals surface area (Å²) in [6.45, 7) is 4.34. The van der Waals surface area contributed by atoms with Gasteiger partial charge in [-0.1, -0.05) is 60.1 Å².